The number of hydrogen-bond acceptors (Lipinski definition) is 6. The highest BCUT2D eigenvalue weighted by Gasteiger charge is 2.18. The highest BCUT2D eigenvalue weighted by molar-refractivity contribution is 9.10. The Labute approximate surface area is 191 Å². The number of aryl methyl sites for hydroxylation is 1. The standard InChI is InChI=1S/C24H17BrN2O3S/c1-12-13(2)20(10-26)23(27-14(12)3)31-11-21(28)19-9-18-17-8-16(25)6-4-15(17)5-7-22(18)30-24(19)29/h4-9H,11H2,1-3H3. The summed E-state index contributed by atoms with van der Waals surface area (Å²) in [6.45, 7) is 5.66. The molecule has 0 bridgehead atoms. The third-order valence-corrected chi connectivity index (χ3v) is 6.88. The van der Waals surface area contributed by atoms with E-state index < -0.39 is 5.63 Å². The molecule has 7 heteroatoms. The van der Waals surface area contributed by atoms with Gasteiger partial charge in [0.05, 0.1) is 11.3 Å². The number of aromatic nitrogens is 1. The van der Waals surface area contributed by atoms with Gasteiger partial charge in [-0.1, -0.05) is 39.8 Å². The molecule has 0 saturated carbocycles. The normalized spacial score (nSPS) is 11.1. The average Bonchev–Trinajstić information content (AvgIpc) is 2.75. The first-order valence-electron chi connectivity index (χ1n) is 9.50. The van der Waals surface area contributed by atoms with Gasteiger partial charge in [-0.15, -0.1) is 0 Å². The monoisotopic (exact) mass is 492 g/mol. The van der Waals surface area contributed by atoms with Gasteiger partial charge in [-0.2, -0.15) is 5.26 Å². The van der Waals surface area contributed by atoms with E-state index in [0.717, 1.165) is 43.8 Å². The van der Waals surface area contributed by atoms with Crippen LogP contribution in [-0.2, 0) is 0 Å². The van der Waals surface area contributed by atoms with Gasteiger partial charge in [-0.3, -0.25) is 4.79 Å². The summed E-state index contributed by atoms with van der Waals surface area (Å²) < 4.78 is 6.33. The summed E-state index contributed by atoms with van der Waals surface area (Å²) in [7, 11) is 0. The maximum absolute atomic E-state index is 12.9. The molecule has 0 unspecified atom stereocenters. The molecule has 0 aliphatic heterocycles. The first-order chi connectivity index (χ1) is 14.8. The van der Waals surface area contributed by atoms with Gasteiger partial charge in [0, 0.05) is 15.6 Å². The summed E-state index contributed by atoms with van der Waals surface area (Å²) in [5, 5.41) is 12.6. The molecule has 0 radical (unpaired) electrons. The molecule has 0 aliphatic rings. The van der Waals surface area contributed by atoms with Gasteiger partial charge in [-0.25, -0.2) is 9.78 Å². The van der Waals surface area contributed by atoms with Gasteiger partial charge in [-0.05, 0) is 66.9 Å². The fourth-order valence-corrected chi connectivity index (χ4v) is 4.77. The Kier molecular flexibility index (Phi) is 5.69. The second kappa shape index (κ2) is 8.29. The fraction of sp³-hybridized carbons (Fsp3) is 0.167. The second-order valence-electron chi connectivity index (χ2n) is 7.24. The average molecular weight is 493 g/mol. The van der Waals surface area contributed by atoms with Gasteiger partial charge < -0.3 is 4.42 Å². The Hall–Kier alpha value is -2.95. The van der Waals surface area contributed by atoms with Crippen molar-refractivity contribution in [2.75, 3.05) is 5.75 Å². The topological polar surface area (TPSA) is 84.0 Å². The summed E-state index contributed by atoms with van der Waals surface area (Å²) in [4.78, 5) is 29.9. The van der Waals surface area contributed by atoms with Crippen molar-refractivity contribution >= 4 is 55.2 Å². The van der Waals surface area contributed by atoms with Gasteiger partial charge in [0.25, 0.3) is 0 Å². The number of carbonyl (C=O) groups is 1. The van der Waals surface area contributed by atoms with E-state index in [9.17, 15) is 14.9 Å². The molecule has 2 aromatic heterocycles. The zero-order valence-electron chi connectivity index (χ0n) is 17.1. The fourth-order valence-electron chi connectivity index (χ4n) is 3.44. The summed E-state index contributed by atoms with van der Waals surface area (Å²) in [6, 6.07) is 13.2. The van der Waals surface area contributed by atoms with Crippen molar-refractivity contribution in [3.63, 3.8) is 0 Å². The summed E-state index contributed by atoms with van der Waals surface area (Å²) in [6.07, 6.45) is 0. The minimum absolute atomic E-state index is 0.00783. The van der Waals surface area contributed by atoms with E-state index in [1.54, 1.807) is 12.1 Å². The molecule has 2 aromatic carbocycles. The van der Waals surface area contributed by atoms with E-state index in [4.69, 9.17) is 4.42 Å². The third-order valence-electron chi connectivity index (χ3n) is 5.41. The first-order valence-corrected chi connectivity index (χ1v) is 11.3. The minimum atomic E-state index is -0.669. The van der Waals surface area contributed by atoms with Gasteiger partial charge in [0.1, 0.15) is 22.2 Å². The van der Waals surface area contributed by atoms with Crippen LogP contribution in [0.4, 0.5) is 0 Å². The lowest BCUT2D eigenvalue weighted by molar-refractivity contribution is 0.101. The van der Waals surface area contributed by atoms with Crippen molar-refractivity contribution < 1.29 is 9.21 Å². The van der Waals surface area contributed by atoms with Crippen molar-refractivity contribution in [1.82, 2.24) is 4.98 Å². The van der Waals surface area contributed by atoms with Crippen LogP contribution >= 0.6 is 27.7 Å². The van der Waals surface area contributed by atoms with Gasteiger partial charge >= 0.3 is 5.63 Å². The number of carbonyl (C=O) groups excluding carboxylic acids is 1. The van der Waals surface area contributed by atoms with Crippen LogP contribution in [0.25, 0.3) is 21.7 Å². The van der Waals surface area contributed by atoms with E-state index in [1.807, 2.05) is 45.0 Å². The number of nitrogens with zero attached hydrogens (tertiary/aromatic N) is 2. The number of hydrogen-bond donors (Lipinski definition) is 0. The molecule has 31 heavy (non-hydrogen) atoms. The molecule has 0 amide bonds. The van der Waals surface area contributed by atoms with Crippen molar-refractivity contribution in [1.29, 1.82) is 5.26 Å². The van der Waals surface area contributed by atoms with Crippen LogP contribution in [0.2, 0.25) is 0 Å². The van der Waals surface area contributed by atoms with Crippen LogP contribution < -0.4 is 5.63 Å². The number of ketones is 1. The van der Waals surface area contributed by atoms with Crippen LogP contribution in [0.3, 0.4) is 0 Å². The van der Waals surface area contributed by atoms with E-state index in [0.29, 0.717) is 21.6 Å². The molecular weight excluding hydrogens is 476 g/mol. The lowest BCUT2D eigenvalue weighted by atomic mass is 10.0. The highest BCUT2D eigenvalue weighted by Crippen LogP contribution is 2.29. The number of rotatable bonds is 4. The molecule has 0 fully saturated rings. The SMILES string of the molecule is Cc1nc(SCC(=O)c2cc3c(ccc4ccc(Br)cc43)oc2=O)c(C#N)c(C)c1C. The summed E-state index contributed by atoms with van der Waals surface area (Å²) in [5.41, 5.74) is 2.84. The smallest absolute Gasteiger partial charge is 0.347 e. The largest absolute Gasteiger partial charge is 0.422 e. The van der Waals surface area contributed by atoms with Crippen LogP contribution in [0.15, 0.2) is 55.1 Å². The number of benzene rings is 2. The first kappa shape index (κ1) is 21.3. The molecular formula is C24H17BrN2O3S. The second-order valence-corrected chi connectivity index (χ2v) is 9.12. The lowest BCUT2D eigenvalue weighted by Crippen LogP contribution is -2.16. The van der Waals surface area contributed by atoms with Crippen molar-refractivity contribution in [3.8, 4) is 6.07 Å². The van der Waals surface area contributed by atoms with Crippen molar-refractivity contribution in [3.05, 3.63) is 79.2 Å². The predicted molar refractivity (Wildman–Crippen MR) is 126 cm³/mol. The number of fused-ring (bicyclic) bond motifs is 3. The number of thioether (sulfide) groups is 1. The Morgan fingerprint density at radius 1 is 1.13 bits per heavy atom. The van der Waals surface area contributed by atoms with Crippen molar-refractivity contribution in [2.45, 2.75) is 25.8 Å². The Morgan fingerprint density at radius 2 is 1.87 bits per heavy atom. The van der Waals surface area contributed by atoms with Gasteiger partial charge in [0.15, 0.2) is 5.78 Å². The molecule has 0 atom stereocenters. The maximum Gasteiger partial charge on any atom is 0.347 e. The number of halogens is 1. The van der Waals surface area contributed by atoms with Crippen LogP contribution in [0, 0.1) is 32.1 Å². The molecule has 154 valence electrons. The molecule has 5 nitrogen and oxygen atoms in total. The summed E-state index contributed by atoms with van der Waals surface area (Å²) in [5.74, 6) is -0.386. The van der Waals surface area contributed by atoms with Crippen LogP contribution in [0.5, 0.6) is 0 Å². The van der Waals surface area contributed by atoms with E-state index in [1.165, 1.54) is 0 Å². The zero-order chi connectivity index (χ0) is 22.3. The Bertz CT molecular complexity index is 1480. The molecule has 4 rings (SSSR count). The zero-order valence-corrected chi connectivity index (χ0v) is 19.5. The molecule has 0 N–H and O–H groups in total. The van der Waals surface area contributed by atoms with Crippen molar-refractivity contribution in [2.24, 2.45) is 0 Å². The molecule has 2 heterocycles. The number of pyridine rings is 1. The Balaban J connectivity index is 1.73. The lowest BCUT2D eigenvalue weighted by Gasteiger charge is -2.11. The number of Topliss-reactive ketones (excluding diaryl/α,β-unsaturated/α-hetero) is 1. The van der Waals surface area contributed by atoms with Crippen LogP contribution in [0.1, 0.15) is 32.7 Å². The molecule has 0 aliphatic carbocycles. The number of nitriles is 1. The van der Waals surface area contributed by atoms with Crippen LogP contribution in [-0.4, -0.2) is 16.5 Å². The molecule has 0 spiro atoms. The quantitative estimate of drug-likeness (QED) is 0.153. The van der Waals surface area contributed by atoms with Gasteiger partial charge in [0.2, 0.25) is 0 Å². The maximum atomic E-state index is 12.9. The third kappa shape index (κ3) is 3.89. The minimum Gasteiger partial charge on any atom is -0.422 e. The Morgan fingerprint density at radius 3 is 2.61 bits per heavy atom. The van der Waals surface area contributed by atoms with E-state index in [2.05, 4.69) is 27.0 Å². The molecule has 0 saturated heterocycles. The van der Waals surface area contributed by atoms with E-state index in [-0.39, 0.29) is 17.1 Å². The highest BCUT2D eigenvalue weighted by atomic mass is 79.9. The molecule has 4 aromatic rings. The summed E-state index contributed by atoms with van der Waals surface area (Å²) >= 11 is 4.63. The van der Waals surface area contributed by atoms with E-state index >= 15 is 0 Å². The predicted octanol–water partition coefficient (Wildman–Crippen LogP) is 5.88.